The van der Waals surface area contributed by atoms with Crippen LogP contribution in [0.4, 0.5) is 5.69 Å². The van der Waals surface area contributed by atoms with Gasteiger partial charge in [-0.05, 0) is 29.3 Å². The van der Waals surface area contributed by atoms with E-state index in [0.717, 1.165) is 27.9 Å². The van der Waals surface area contributed by atoms with Gasteiger partial charge in [-0.3, -0.25) is 4.79 Å². The van der Waals surface area contributed by atoms with Crippen LogP contribution in [0.3, 0.4) is 0 Å². The molecule has 0 aliphatic carbocycles. The number of nitrogens with one attached hydrogen (secondary N) is 2. The number of fused-ring (bicyclic) bond motifs is 1. The molecule has 0 spiro atoms. The van der Waals surface area contributed by atoms with Crippen LogP contribution in [0, 0.1) is 5.41 Å². The predicted octanol–water partition coefficient (Wildman–Crippen LogP) is 3.50. The van der Waals surface area contributed by atoms with Gasteiger partial charge in [0.15, 0.2) is 0 Å². The maximum absolute atomic E-state index is 11.4. The van der Waals surface area contributed by atoms with Crippen LogP contribution in [0.2, 0.25) is 5.02 Å². The SMILES string of the molecule is N=Cc1cccc(Cl)c1-c1ccc2c(c1)CC(=O)N2. The molecule has 0 saturated heterocycles. The molecule has 2 aromatic rings. The van der Waals surface area contributed by atoms with Gasteiger partial charge in [0.2, 0.25) is 5.91 Å². The van der Waals surface area contributed by atoms with Crippen LogP contribution in [0.5, 0.6) is 0 Å². The molecule has 0 saturated carbocycles. The lowest BCUT2D eigenvalue weighted by molar-refractivity contribution is -0.115. The molecule has 3 nitrogen and oxygen atoms in total. The number of hydrogen-bond acceptors (Lipinski definition) is 2. The minimum absolute atomic E-state index is 0.0126. The average molecular weight is 271 g/mol. The number of carbonyl (C=O) groups excluding carboxylic acids is 1. The first-order chi connectivity index (χ1) is 9.19. The van der Waals surface area contributed by atoms with Crippen molar-refractivity contribution in [3.8, 4) is 11.1 Å². The number of amides is 1. The molecule has 0 radical (unpaired) electrons. The van der Waals surface area contributed by atoms with Crippen molar-refractivity contribution in [1.82, 2.24) is 0 Å². The molecular formula is C15H11ClN2O. The van der Waals surface area contributed by atoms with Crippen molar-refractivity contribution in [3.63, 3.8) is 0 Å². The van der Waals surface area contributed by atoms with Gasteiger partial charge in [0.1, 0.15) is 0 Å². The molecule has 1 aliphatic heterocycles. The Hall–Kier alpha value is -2.13. The molecule has 0 unspecified atom stereocenters. The lowest BCUT2D eigenvalue weighted by atomic mass is 9.97. The monoisotopic (exact) mass is 270 g/mol. The second kappa shape index (κ2) is 4.52. The summed E-state index contributed by atoms with van der Waals surface area (Å²) in [5, 5.41) is 10.9. The summed E-state index contributed by atoms with van der Waals surface area (Å²) in [4.78, 5) is 11.4. The Bertz CT molecular complexity index is 695. The topological polar surface area (TPSA) is 53.0 Å². The first-order valence-corrected chi connectivity index (χ1v) is 6.29. The Kier molecular flexibility index (Phi) is 2.84. The summed E-state index contributed by atoms with van der Waals surface area (Å²) in [5.74, 6) is 0.0126. The summed E-state index contributed by atoms with van der Waals surface area (Å²) >= 11 is 6.24. The third kappa shape index (κ3) is 2.02. The van der Waals surface area contributed by atoms with Gasteiger partial charge in [0.05, 0.1) is 6.42 Å². The van der Waals surface area contributed by atoms with Gasteiger partial charge in [-0.25, -0.2) is 0 Å². The van der Waals surface area contributed by atoms with E-state index in [0.29, 0.717) is 11.4 Å². The van der Waals surface area contributed by atoms with Crippen LogP contribution in [-0.2, 0) is 11.2 Å². The Morgan fingerprint density at radius 1 is 1.26 bits per heavy atom. The van der Waals surface area contributed by atoms with Crippen molar-refractivity contribution in [2.75, 3.05) is 5.32 Å². The van der Waals surface area contributed by atoms with Crippen molar-refractivity contribution in [2.24, 2.45) is 0 Å². The molecule has 1 aliphatic rings. The third-order valence-electron chi connectivity index (χ3n) is 3.22. The van der Waals surface area contributed by atoms with Gasteiger partial charge >= 0.3 is 0 Å². The first-order valence-electron chi connectivity index (χ1n) is 5.91. The Balaban J connectivity index is 2.16. The minimum atomic E-state index is 0.0126. The summed E-state index contributed by atoms with van der Waals surface area (Å²) in [7, 11) is 0. The molecule has 19 heavy (non-hydrogen) atoms. The van der Waals surface area contributed by atoms with E-state index < -0.39 is 0 Å². The molecule has 1 heterocycles. The summed E-state index contributed by atoms with van der Waals surface area (Å²) in [5.41, 5.74) is 4.36. The van der Waals surface area contributed by atoms with E-state index in [4.69, 9.17) is 17.0 Å². The smallest absolute Gasteiger partial charge is 0.228 e. The van der Waals surface area contributed by atoms with Crippen LogP contribution in [0.1, 0.15) is 11.1 Å². The van der Waals surface area contributed by atoms with Gasteiger partial charge < -0.3 is 10.7 Å². The molecule has 2 aromatic carbocycles. The molecule has 94 valence electrons. The van der Waals surface area contributed by atoms with Crippen LogP contribution in [-0.4, -0.2) is 12.1 Å². The Morgan fingerprint density at radius 3 is 2.89 bits per heavy atom. The molecule has 4 heteroatoms. The highest BCUT2D eigenvalue weighted by molar-refractivity contribution is 6.34. The van der Waals surface area contributed by atoms with Gasteiger partial charge in [-0.2, -0.15) is 0 Å². The highest BCUT2D eigenvalue weighted by atomic mass is 35.5. The lowest BCUT2D eigenvalue weighted by Gasteiger charge is -2.09. The average Bonchev–Trinajstić information content (AvgIpc) is 2.77. The maximum Gasteiger partial charge on any atom is 0.228 e. The summed E-state index contributed by atoms with van der Waals surface area (Å²) in [6.07, 6.45) is 1.69. The molecular weight excluding hydrogens is 260 g/mol. The van der Waals surface area contributed by atoms with Crippen LogP contribution < -0.4 is 5.32 Å². The number of carbonyl (C=O) groups is 1. The molecule has 0 bridgehead atoms. The standard InChI is InChI=1S/C15H11ClN2O/c16-12-3-1-2-10(8-17)15(12)9-4-5-13-11(6-9)7-14(19)18-13/h1-6,8,17H,7H2,(H,18,19). The zero-order chi connectivity index (χ0) is 13.4. The highest BCUT2D eigenvalue weighted by Gasteiger charge is 2.18. The van der Waals surface area contributed by atoms with Crippen molar-refractivity contribution in [3.05, 3.63) is 52.5 Å². The number of hydrogen-bond donors (Lipinski definition) is 2. The number of halogens is 1. The van der Waals surface area contributed by atoms with E-state index in [1.807, 2.05) is 30.3 Å². The predicted molar refractivity (Wildman–Crippen MR) is 77.1 cm³/mol. The molecule has 1 amide bonds. The third-order valence-corrected chi connectivity index (χ3v) is 3.54. The van der Waals surface area contributed by atoms with E-state index in [9.17, 15) is 4.79 Å². The first kappa shape index (κ1) is 11.9. The van der Waals surface area contributed by atoms with Crippen molar-refractivity contribution in [1.29, 1.82) is 5.41 Å². The summed E-state index contributed by atoms with van der Waals surface area (Å²) in [6, 6.07) is 11.2. The van der Waals surface area contributed by atoms with Crippen molar-refractivity contribution < 1.29 is 4.79 Å². The van der Waals surface area contributed by atoms with Crippen LogP contribution in [0.15, 0.2) is 36.4 Å². The molecule has 0 fully saturated rings. The van der Waals surface area contributed by atoms with E-state index >= 15 is 0 Å². The van der Waals surface area contributed by atoms with Gasteiger partial charge in [-0.1, -0.05) is 29.8 Å². The fourth-order valence-electron chi connectivity index (χ4n) is 2.35. The van der Waals surface area contributed by atoms with Gasteiger partial charge in [-0.15, -0.1) is 0 Å². The van der Waals surface area contributed by atoms with Crippen LogP contribution in [0.25, 0.3) is 11.1 Å². The molecule has 0 atom stereocenters. The zero-order valence-electron chi connectivity index (χ0n) is 10.0. The Labute approximate surface area is 115 Å². The largest absolute Gasteiger partial charge is 0.326 e. The fraction of sp³-hybridized carbons (Fsp3) is 0.0667. The van der Waals surface area contributed by atoms with E-state index in [2.05, 4.69) is 5.32 Å². The minimum Gasteiger partial charge on any atom is -0.326 e. The Morgan fingerprint density at radius 2 is 2.11 bits per heavy atom. The van der Waals surface area contributed by atoms with E-state index in [-0.39, 0.29) is 5.91 Å². The number of anilines is 1. The maximum atomic E-state index is 11.4. The number of benzene rings is 2. The van der Waals surface area contributed by atoms with Gasteiger partial charge in [0.25, 0.3) is 0 Å². The number of rotatable bonds is 2. The van der Waals surface area contributed by atoms with E-state index in [1.165, 1.54) is 6.21 Å². The molecule has 2 N–H and O–H groups in total. The van der Waals surface area contributed by atoms with Crippen molar-refractivity contribution in [2.45, 2.75) is 6.42 Å². The summed E-state index contributed by atoms with van der Waals surface area (Å²) in [6.45, 7) is 0. The van der Waals surface area contributed by atoms with Crippen molar-refractivity contribution >= 4 is 29.4 Å². The lowest BCUT2D eigenvalue weighted by Crippen LogP contribution is -2.03. The molecule has 3 rings (SSSR count). The zero-order valence-corrected chi connectivity index (χ0v) is 10.8. The second-order valence-electron chi connectivity index (χ2n) is 4.45. The quantitative estimate of drug-likeness (QED) is 0.806. The summed E-state index contributed by atoms with van der Waals surface area (Å²) < 4.78 is 0. The van der Waals surface area contributed by atoms with E-state index in [1.54, 1.807) is 6.07 Å². The fourth-order valence-corrected chi connectivity index (χ4v) is 2.64. The second-order valence-corrected chi connectivity index (χ2v) is 4.85. The van der Waals surface area contributed by atoms with Gasteiger partial charge in [0, 0.05) is 28.1 Å². The molecule has 0 aromatic heterocycles. The van der Waals surface area contributed by atoms with Crippen LogP contribution >= 0.6 is 11.6 Å². The highest BCUT2D eigenvalue weighted by Crippen LogP contribution is 2.34. The normalized spacial score (nSPS) is 13.0.